The zero-order valence-corrected chi connectivity index (χ0v) is 46.5. The predicted molar refractivity (Wildman–Crippen MR) is 240 cm³/mol. The SMILES string of the molecule is C[n+]1ccccc1-c1ccc(C[n+]2ccc(-c3cc[n+](Cc4ccc(-c5cccc[n+]5C)[n+](C)c4)cc3)cc2)c[n+]1C.F[P-](F)(F)(F)(F)F.F[P-](F)(F)(F)(F)F.F[P-](F)(F)(F)(F)F.F[P-](F)(F)(F)(F)F.F[P-](F)(F)(F)(F)F.F[P-](F)(F)(F)(F)F. The van der Waals surface area contributed by atoms with Gasteiger partial charge in [-0.15, -0.1) is 0 Å². The van der Waals surface area contributed by atoms with Crippen LogP contribution in [0.4, 0.5) is 151 Å². The summed E-state index contributed by atoms with van der Waals surface area (Å²) in [6.45, 7) is 1.64. The van der Waals surface area contributed by atoms with Gasteiger partial charge in [0, 0.05) is 60.7 Å². The van der Waals surface area contributed by atoms with Crippen LogP contribution in [-0.4, -0.2) is 0 Å². The van der Waals surface area contributed by atoms with Gasteiger partial charge in [0.1, 0.15) is 28.2 Å². The molecule has 48 heteroatoms. The number of aryl methyl sites for hydroxylation is 4. The molecule has 0 amide bonds. The van der Waals surface area contributed by atoms with Crippen molar-refractivity contribution in [2.75, 3.05) is 0 Å². The molecule has 6 heterocycles. The van der Waals surface area contributed by atoms with E-state index in [-0.39, 0.29) is 0 Å². The van der Waals surface area contributed by atoms with Crippen LogP contribution in [0.1, 0.15) is 11.1 Å². The van der Waals surface area contributed by atoms with Crippen LogP contribution >= 0.6 is 46.9 Å². The Morgan fingerprint density at radius 3 is 0.607 bits per heavy atom. The van der Waals surface area contributed by atoms with E-state index in [0.717, 1.165) is 13.1 Å². The van der Waals surface area contributed by atoms with Crippen molar-refractivity contribution in [3.8, 4) is 33.9 Å². The third-order valence-corrected chi connectivity index (χ3v) is 7.87. The molecule has 0 atom stereocenters. The van der Waals surface area contributed by atoms with Crippen molar-refractivity contribution < 1.29 is 178 Å². The van der Waals surface area contributed by atoms with E-state index in [4.69, 9.17) is 0 Å². The summed E-state index contributed by atoms with van der Waals surface area (Å²) in [4.78, 5) is 0. The van der Waals surface area contributed by atoms with Crippen molar-refractivity contribution in [1.82, 2.24) is 0 Å². The summed E-state index contributed by atoms with van der Waals surface area (Å²) >= 11 is 0. The number of halogens is 36. The molecule has 494 valence electrons. The Labute approximate surface area is 445 Å². The quantitative estimate of drug-likeness (QED) is 0.0864. The van der Waals surface area contributed by atoms with E-state index >= 15 is 0 Å². The predicted octanol–water partition coefficient (Wildman–Crippen LogP) is 23.0. The minimum absolute atomic E-state index is 0.822. The van der Waals surface area contributed by atoms with Crippen LogP contribution in [0.15, 0.2) is 135 Å². The molecule has 0 bridgehead atoms. The van der Waals surface area contributed by atoms with Crippen molar-refractivity contribution in [3.63, 3.8) is 0 Å². The van der Waals surface area contributed by atoms with Gasteiger partial charge in [-0.05, 0) is 35.4 Å². The fourth-order valence-electron chi connectivity index (χ4n) is 5.56. The van der Waals surface area contributed by atoms with E-state index < -0.39 is 46.9 Å². The molecule has 84 heavy (non-hydrogen) atoms. The molecule has 6 aromatic rings. The molecule has 6 rings (SSSR count). The standard InChI is InChI=1S/C36H38N6.6F6P/c1-37-19-7-5-9-33(37)35-13-11-29(25-39(35)3)27-41-21-15-31(16-22-41)32-17-23-42(24-18-32)28-30-12-14-36(40(4)26-30)34-10-6-8-20-38(34)2;6*1-7(2,3,4,5)6/h5-26H,27-28H2,1-4H3;;;;;;/q+6;6*-1. The van der Waals surface area contributed by atoms with Gasteiger partial charge in [-0.1, -0.05) is 0 Å². The minimum atomic E-state index is -10.7. The van der Waals surface area contributed by atoms with Crippen molar-refractivity contribution in [3.05, 3.63) is 146 Å². The third-order valence-electron chi connectivity index (χ3n) is 7.87. The van der Waals surface area contributed by atoms with E-state index in [2.05, 4.69) is 190 Å². The molecule has 0 aliphatic carbocycles. The molecule has 0 N–H and O–H groups in total. The Hall–Kier alpha value is -5.04. The van der Waals surface area contributed by atoms with Gasteiger partial charge < -0.3 is 0 Å². The van der Waals surface area contributed by atoms with Crippen molar-refractivity contribution >= 4 is 46.9 Å². The zero-order chi connectivity index (χ0) is 67.5. The van der Waals surface area contributed by atoms with Crippen molar-refractivity contribution in [2.24, 2.45) is 28.2 Å². The van der Waals surface area contributed by atoms with Gasteiger partial charge in [-0.2, -0.15) is 18.3 Å². The molecule has 0 fully saturated rings. The summed E-state index contributed by atoms with van der Waals surface area (Å²) in [5, 5.41) is 0. The van der Waals surface area contributed by atoms with E-state index in [1.165, 1.54) is 45.0 Å². The van der Waals surface area contributed by atoms with Crippen molar-refractivity contribution in [1.29, 1.82) is 0 Å². The molecule has 6 aromatic heterocycles. The number of nitrogens with zero attached hydrogens (tertiary/aromatic N) is 6. The monoisotopic (exact) mass is 1420 g/mol. The van der Waals surface area contributed by atoms with E-state index in [0.29, 0.717) is 0 Å². The first-order chi connectivity index (χ1) is 35.1. The molecule has 0 unspecified atom stereocenters. The van der Waals surface area contributed by atoms with E-state index in [1.807, 2.05) is 0 Å². The summed E-state index contributed by atoms with van der Waals surface area (Å²) in [5.74, 6) is 0. The number of rotatable bonds is 7. The fraction of sp³-hybridized carbons (Fsp3) is 0.167. The van der Waals surface area contributed by atoms with E-state index in [1.54, 1.807) is 0 Å². The van der Waals surface area contributed by atoms with Gasteiger partial charge in [0.2, 0.25) is 0 Å². The Balaban J connectivity index is 0.00000132. The van der Waals surface area contributed by atoms with Crippen LogP contribution < -0.4 is 27.4 Å². The van der Waals surface area contributed by atoms with Gasteiger partial charge >= 0.3 is 198 Å². The fourth-order valence-corrected chi connectivity index (χ4v) is 5.56. The normalized spacial score (nSPS) is 17.1. The van der Waals surface area contributed by atoms with Gasteiger partial charge in [0.05, 0.1) is 11.1 Å². The number of hydrogen-bond acceptors (Lipinski definition) is 0. The second kappa shape index (κ2) is 20.3. The summed E-state index contributed by atoms with van der Waals surface area (Å²) in [6.07, 6.45) is 17.2. The molecule has 0 radical (unpaired) electrons. The average molecular weight is 1420 g/mol. The Kier molecular flexibility index (Phi) is 19.0. The molecule has 0 saturated heterocycles. The number of hydrogen-bond donors (Lipinski definition) is 0. The second-order valence-corrected chi connectivity index (χ2v) is 28.2. The Bertz CT molecular complexity index is 2860. The third kappa shape index (κ3) is 64.5. The van der Waals surface area contributed by atoms with Crippen LogP contribution in [-0.2, 0) is 41.3 Å². The molecular formula is C36H38F36N6P6. The maximum atomic E-state index is 9.87. The zero-order valence-electron chi connectivity index (χ0n) is 41.1. The van der Waals surface area contributed by atoms with E-state index in [9.17, 15) is 151 Å². The van der Waals surface area contributed by atoms with Crippen LogP contribution in [0.3, 0.4) is 0 Å². The number of aromatic nitrogens is 6. The molecule has 0 aromatic carbocycles. The molecular weight excluding hydrogens is 1390 g/mol. The molecule has 6 nitrogen and oxygen atoms in total. The summed E-state index contributed by atoms with van der Waals surface area (Å²) < 4.78 is 368. The van der Waals surface area contributed by atoms with Crippen LogP contribution in [0, 0.1) is 0 Å². The number of pyridine rings is 6. The van der Waals surface area contributed by atoms with Crippen LogP contribution in [0.5, 0.6) is 0 Å². The Morgan fingerprint density at radius 2 is 0.429 bits per heavy atom. The van der Waals surface area contributed by atoms with Crippen LogP contribution in [0.2, 0.25) is 0 Å². The molecule has 0 aliphatic rings. The molecule has 0 spiro atoms. The maximum absolute atomic E-state index is 10.7. The van der Waals surface area contributed by atoms with Crippen molar-refractivity contribution in [2.45, 2.75) is 13.1 Å². The van der Waals surface area contributed by atoms with Gasteiger partial charge in [-0.3, -0.25) is 0 Å². The van der Waals surface area contributed by atoms with Gasteiger partial charge in [-0.25, -0.2) is 9.13 Å². The van der Waals surface area contributed by atoms with Gasteiger partial charge in [0.25, 0.3) is 22.8 Å². The first-order valence-electron chi connectivity index (χ1n) is 20.4. The molecule has 0 saturated carbocycles. The first-order valence-corrected chi connectivity index (χ1v) is 32.6. The summed E-state index contributed by atoms with van der Waals surface area (Å²) in [6, 6.07) is 30.2. The Morgan fingerprint density at radius 1 is 0.238 bits per heavy atom. The average Bonchev–Trinajstić information content (AvgIpc) is 3.12. The first kappa shape index (κ1) is 79.0. The second-order valence-electron chi connectivity index (χ2n) is 16.7. The summed E-state index contributed by atoms with van der Waals surface area (Å²) in [7, 11) is -55.6. The summed E-state index contributed by atoms with van der Waals surface area (Å²) in [5.41, 5.74) is 9.71. The van der Waals surface area contributed by atoms with Gasteiger partial charge in [0.15, 0.2) is 62.7 Å². The molecule has 0 aliphatic heterocycles. The van der Waals surface area contributed by atoms with Crippen LogP contribution in [0.25, 0.3) is 33.9 Å². The topological polar surface area (TPSA) is 23.3 Å².